The summed E-state index contributed by atoms with van der Waals surface area (Å²) in [6.07, 6.45) is 4.28. The van der Waals surface area contributed by atoms with E-state index in [2.05, 4.69) is 36.9 Å². The van der Waals surface area contributed by atoms with Gasteiger partial charge in [0.15, 0.2) is 5.65 Å². The van der Waals surface area contributed by atoms with Gasteiger partial charge in [-0.25, -0.2) is 9.50 Å². The summed E-state index contributed by atoms with van der Waals surface area (Å²) in [5.74, 6) is 0. The third-order valence-corrected chi connectivity index (χ3v) is 3.89. The van der Waals surface area contributed by atoms with E-state index in [0.717, 1.165) is 36.2 Å². The Bertz CT molecular complexity index is 591. The minimum absolute atomic E-state index is 0.0229. The fourth-order valence-corrected chi connectivity index (χ4v) is 2.61. The number of aromatic nitrogens is 3. The fourth-order valence-electron chi connectivity index (χ4n) is 2.61. The third kappa shape index (κ3) is 1.56. The number of nitrogens with zero attached hydrogens (tertiary/aromatic N) is 3. The van der Waals surface area contributed by atoms with Gasteiger partial charge in [-0.05, 0) is 30.7 Å². The summed E-state index contributed by atoms with van der Waals surface area (Å²) in [5, 5.41) is 14.8. The van der Waals surface area contributed by atoms with Gasteiger partial charge in [-0.1, -0.05) is 26.8 Å². The van der Waals surface area contributed by atoms with Gasteiger partial charge in [0.1, 0.15) is 11.9 Å². The first-order chi connectivity index (χ1) is 8.42. The van der Waals surface area contributed by atoms with Crippen LogP contribution in [-0.2, 0) is 11.0 Å². The average Bonchev–Trinajstić information content (AvgIpc) is 2.71. The summed E-state index contributed by atoms with van der Waals surface area (Å²) in [7, 11) is 0. The van der Waals surface area contributed by atoms with E-state index in [1.807, 2.05) is 6.07 Å². The molecule has 0 radical (unpaired) electrons. The lowest BCUT2D eigenvalue weighted by molar-refractivity contribution is -0.0443. The molecule has 96 valence electrons. The quantitative estimate of drug-likeness (QED) is 0.839. The molecule has 0 aliphatic heterocycles. The number of pyridine rings is 1. The average molecular weight is 245 g/mol. The molecule has 1 fully saturated rings. The van der Waals surface area contributed by atoms with Crippen LogP contribution in [0.2, 0.25) is 0 Å². The highest BCUT2D eigenvalue weighted by Gasteiger charge is 2.39. The molecule has 0 spiro atoms. The Kier molecular flexibility index (Phi) is 2.29. The Morgan fingerprint density at radius 2 is 2.00 bits per heavy atom. The van der Waals surface area contributed by atoms with Crippen LogP contribution in [0.1, 0.15) is 51.3 Å². The minimum Gasteiger partial charge on any atom is -0.384 e. The van der Waals surface area contributed by atoms with Crippen molar-refractivity contribution in [2.75, 3.05) is 0 Å². The SMILES string of the molecule is CC(C)(C)c1ccc(C2(O)CCC2)n2ncnc12. The summed E-state index contributed by atoms with van der Waals surface area (Å²) in [6.45, 7) is 6.48. The van der Waals surface area contributed by atoms with Crippen molar-refractivity contribution < 1.29 is 5.11 Å². The Balaban J connectivity index is 2.23. The summed E-state index contributed by atoms with van der Waals surface area (Å²) >= 11 is 0. The van der Waals surface area contributed by atoms with Crippen LogP contribution in [0.25, 0.3) is 5.65 Å². The van der Waals surface area contributed by atoms with Gasteiger partial charge >= 0.3 is 0 Å². The molecule has 2 heterocycles. The zero-order valence-corrected chi connectivity index (χ0v) is 11.1. The van der Waals surface area contributed by atoms with Gasteiger partial charge in [-0.15, -0.1) is 0 Å². The molecule has 4 nitrogen and oxygen atoms in total. The van der Waals surface area contributed by atoms with Gasteiger partial charge in [0.2, 0.25) is 0 Å². The van der Waals surface area contributed by atoms with Crippen molar-refractivity contribution in [3.8, 4) is 0 Å². The van der Waals surface area contributed by atoms with E-state index in [1.54, 1.807) is 10.8 Å². The molecule has 0 unspecified atom stereocenters. The second kappa shape index (κ2) is 3.54. The van der Waals surface area contributed by atoms with Crippen molar-refractivity contribution in [1.29, 1.82) is 0 Å². The highest BCUT2D eigenvalue weighted by atomic mass is 16.3. The van der Waals surface area contributed by atoms with Crippen LogP contribution >= 0.6 is 0 Å². The number of hydrogen-bond acceptors (Lipinski definition) is 3. The predicted octanol–water partition coefficient (Wildman–Crippen LogP) is 2.40. The predicted molar refractivity (Wildman–Crippen MR) is 69.4 cm³/mol. The maximum Gasteiger partial charge on any atom is 0.159 e. The first kappa shape index (κ1) is 11.7. The van der Waals surface area contributed by atoms with Crippen LogP contribution in [0.3, 0.4) is 0 Å². The summed E-state index contributed by atoms with van der Waals surface area (Å²) in [6, 6.07) is 4.08. The van der Waals surface area contributed by atoms with Crippen LogP contribution in [0.15, 0.2) is 18.5 Å². The summed E-state index contributed by atoms with van der Waals surface area (Å²) < 4.78 is 1.81. The van der Waals surface area contributed by atoms with Gasteiger partial charge in [0, 0.05) is 5.56 Å². The van der Waals surface area contributed by atoms with E-state index in [-0.39, 0.29) is 5.41 Å². The maximum atomic E-state index is 10.5. The number of rotatable bonds is 1. The molecule has 1 aliphatic carbocycles. The molecule has 0 aromatic carbocycles. The second-order valence-electron chi connectivity index (χ2n) is 6.26. The zero-order valence-electron chi connectivity index (χ0n) is 11.1. The van der Waals surface area contributed by atoms with E-state index in [1.165, 1.54) is 0 Å². The van der Waals surface area contributed by atoms with E-state index in [4.69, 9.17) is 0 Å². The smallest absolute Gasteiger partial charge is 0.159 e. The van der Waals surface area contributed by atoms with Crippen molar-refractivity contribution in [2.45, 2.75) is 51.0 Å². The molecule has 1 aliphatic rings. The molecular formula is C14H19N3O. The third-order valence-electron chi connectivity index (χ3n) is 3.89. The monoisotopic (exact) mass is 245 g/mol. The Hall–Kier alpha value is -1.42. The molecule has 0 atom stereocenters. The van der Waals surface area contributed by atoms with Crippen molar-refractivity contribution in [2.24, 2.45) is 0 Å². The summed E-state index contributed by atoms with van der Waals surface area (Å²) in [5.41, 5.74) is 2.21. The normalized spacial score (nSPS) is 18.9. The Morgan fingerprint density at radius 3 is 2.56 bits per heavy atom. The minimum atomic E-state index is -0.706. The summed E-state index contributed by atoms with van der Waals surface area (Å²) in [4.78, 5) is 4.36. The molecule has 3 rings (SSSR count). The molecule has 18 heavy (non-hydrogen) atoms. The molecule has 2 aromatic rings. The van der Waals surface area contributed by atoms with E-state index in [9.17, 15) is 5.11 Å². The van der Waals surface area contributed by atoms with Crippen LogP contribution < -0.4 is 0 Å². The first-order valence-electron chi connectivity index (χ1n) is 6.48. The molecule has 4 heteroatoms. The molecule has 0 bridgehead atoms. The van der Waals surface area contributed by atoms with Gasteiger partial charge in [-0.2, -0.15) is 5.10 Å². The highest BCUT2D eigenvalue weighted by molar-refractivity contribution is 5.52. The Labute approximate surface area is 107 Å². The highest BCUT2D eigenvalue weighted by Crippen LogP contribution is 2.41. The van der Waals surface area contributed by atoms with Gasteiger partial charge in [0.25, 0.3) is 0 Å². The largest absolute Gasteiger partial charge is 0.384 e. The number of fused-ring (bicyclic) bond motifs is 1. The van der Waals surface area contributed by atoms with Crippen molar-refractivity contribution >= 4 is 5.65 Å². The Morgan fingerprint density at radius 1 is 1.28 bits per heavy atom. The molecule has 0 saturated heterocycles. The van der Waals surface area contributed by atoms with E-state index < -0.39 is 5.60 Å². The second-order valence-corrected chi connectivity index (χ2v) is 6.26. The first-order valence-corrected chi connectivity index (χ1v) is 6.48. The van der Waals surface area contributed by atoms with Crippen LogP contribution in [0.4, 0.5) is 0 Å². The lowest BCUT2D eigenvalue weighted by Gasteiger charge is -2.37. The van der Waals surface area contributed by atoms with Crippen LogP contribution in [-0.4, -0.2) is 19.7 Å². The topological polar surface area (TPSA) is 50.4 Å². The van der Waals surface area contributed by atoms with Crippen molar-refractivity contribution in [1.82, 2.24) is 14.6 Å². The van der Waals surface area contributed by atoms with Gasteiger partial charge in [0.05, 0.1) is 5.69 Å². The maximum absolute atomic E-state index is 10.5. The lowest BCUT2D eigenvalue weighted by atomic mass is 9.77. The molecule has 0 amide bonds. The van der Waals surface area contributed by atoms with Gasteiger partial charge < -0.3 is 5.11 Å². The van der Waals surface area contributed by atoms with Crippen LogP contribution in [0, 0.1) is 0 Å². The van der Waals surface area contributed by atoms with Gasteiger partial charge in [-0.3, -0.25) is 0 Å². The van der Waals surface area contributed by atoms with Crippen LogP contribution in [0.5, 0.6) is 0 Å². The van der Waals surface area contributed by atoms with Crippen molar-refractivity contribution in [3.63, 3.8) is 0 Å². The fraction of sp³-hybridized carbons (Fsp3) is 0.571. The molecule has 1 saturated carbocycles. The molecule has 2 aromatic heterocycles. The lowest BCUT2D eigenvalue weighted by Crippen LogP contribution is -2.36. The number of aliphatic hydroxyl groups is 1. The molecule has 1 N–H and O–H groups in total. The standard InChI is InChI=1S/C14H19N3O/c1-13(2,3)10-5-6-11(14(18)7-4-8-14)17-12(10)15-9-16-17/h5-6,9,18H,4,7-8H2,1-3H3. The zero-order chi connectivity index (χ0) is 13.0. The molecular weight excluding hydrogens is 226 g/mol. The van der Waals surface area contributed by atoms with E-state index in [0.29, 0.717) is 0 Å². The number of hydrogen-bond donors (Lipinski definition) is 1. The van der Waals surface area contributed by atoms with E-state index >= 15 is 0 Å². The van der Waals surface area contributed by atoms with Crippen molar-refractivity contribution in [3.05, 3.63) is 29.7 Å².